The van der Waals surface area contributed by atoms with Crippen LogP contribution in [-0.2, 0) is 6.61 Å². The molecule has 0 unspecified atom stereocenters. The summed E-state index contributed by atoms with van der Waals surface area (Å²) in [4.78, 5) is 10.8. The molecule has 0 saturated heterocycles. The Bertz CT molecular complexity index is 905. The summed E-state index contributed by atoms with van der Waals surface area (Å²) in [5.41, 5.74) is 1.78. The average Bonchev–Trinajstić information content (AvgIpc) is 2.64. The maximum absolute atomic E-state index is 13.8. The standard InChI is InChI=1S/C20H13F3O2/c21-18-10-20(23)19(22)9-17(18)15-4-6-16(7-5-15)25-12-14-3-1-2-13(8-14)11-24/h1-11H,12H2. The Morgan fingerprint density at radius 2 is 1.56 bits per heavy atom. The Morgan fingerprint density at radius 3 is 2.28 bits per heavy atom. The Labute approximate surface area is 142 Å². The van der Waals surface area contributed by atoms with Gasteiger partial charge in [-0.05, 0) is 35.4 Å². The molecule has 3 aromatic carbocycles. The van der Waals surface area contributed by atoms with Gasteiger partial charge in [0.15, 0.2) is 11.6 Å². The topological polar surface area (TPSA) is 26.3 Å². The van der Waals surface area contributed by atoms with Crippen LogP contribution >= 0.6 is 0 Å². The van der Waals surface area contributed by atoms with Crippen molar-refractivity contribution < 1.29 is 22.7 Å². The molecule has 0 aliphatic heterocycles. The molecule has 0 atom stereocenters. The molecule has 5 heteroatoms. The van der Waals surface area contributed by atoms with Crippen LogP contribution in [0.5, 0.6) is 5.75 Å². The number of halogens is 3. The maximum atomic E-state index is 13.8. The van der Waals surface area contributed by atoms with Crippen molar-refractivity contribution in [2.24, 2.45) is 0 Å². The Balaban J connectivity index is 1.74. The number of hydrogen-bond donors (Lipinski definition) is 0. The Kier molecular flexibility index (Phi) is 4.84. The lowest BCUT2D eigenvalue weighted by Gasteiger charge is -2.09. The van der Waals surface area contributed by atoms with Crippen LogP contribution in [0.4, 0.5) is 13.2 Å². The van der Waals surface area contributed by atoms with Gasteiger partial charge in [0.1, 0.15) is 24.5 Å². The van der Waals surface area contributed by atoms with Gasteiger partial charge in [0, 0.05) is 17.2 Å². The van der Waals surface area contributed by atoms with Crippen molar-refractivity contribution in [1.82, 2.24) is 0 Å². The van der Waals surface area contributed by atoms with Crippen LogP contribution in [0, 0.1) is 17.5 Å². The van der Waals surface area contributed by atoms with E-state index in [1.54, 1.807) is 42.5 Å². The van der Waals surface area contributed by atoms with E-state index in [0.717, 1.165) is 17.9 Å². The van der Waals surface area contributed by atoms with E-state index in [1.807, 2.05) is 6.07 Å². The molecule has 0 heterocycles. The smallest absolute Gasteiger partial charge is 0.161 e. The van der Waals surface area contributed by atoms with E-state index in [1.165, 1.54) is 0 Å². The van der Waals surface area contributed by atoms with Crippen LogP contribution in [0.1, 0.15) is 15.9 Å². The molecular weight excluding hydrogens is 329 g/mol. The fourth-order valence-corrected chi connectivity index (χ4v) is 2.40. The summed E-state index contributed by atoms with van der Waals surface area (Å²) in [5, 5.41) is 0. The molecule has 0 saturated carbocycles. The second-order valence-corrected chi connectivity index (χ2v) is 5.42. The lowest BCUT2D eigenvalue weighted by molar-refractivity contribution is 0.112. The van der Waals surface area contributed by atoms with Gasteiger partial charge in [-0.3, -0.25) is 4.79 Å². The third-order valence-corrected chi connectivity index (χ3v) is 3.67. The van der Waals surface area contributed by atoms with Crippen LogP contribution in [-0.4, -0.2) is 6.29 Å². The Morgan fingerprint density at radius 1 is 0.840 bits per heavy atom. The minimum Gasteiger partial charge on any atom is -0.489 e. The quantitative estimate of drug-likeness (QED) is 0.473. The SMILES string of the molecule is O=Cc1cccc(COc2ccc(-c3cc(F)c(F)cc3F)cc2)c1. The monoisotopic (exact) mass is 342 g/mol. The molecule has 0 aromatic heterocycles. The first-order valence-corrected chi connectivity index (χ1v) is 7.49. The fourth-order valence-electron chi connectivity index (χ4n) is 2.40. The van der Waals surface area contributed by atoms with Crippen molar-refractivity contribution in [3.8, 4) is 16.9 Å². The van der Waals surface area contributed by atoms with Crippen molar-refractivity contribution in [3.05, 3.63) is 89.2 Å². The van der Waals surface area contributed by atoms with Crippen LogP contribution in [0.15, 0.2) is 60.7 Å². The van der Waals surface area contributed by atoms with Gasteiger partial charge in [-0.25, -0.2) is 13.2 Å². The third kappa shape index (κ3) is 3.88. The second kappa shape index (κ2) is 7.21. The van der Waals surface area contributed by atoms with Crippen LogP contribution in [0.2, 0.25) is 0 Å². The molecular formula is C20H13F3O2. The van der Waals surface area contributed by atoms with Gasteiger partial charge >= 0.3 is 0 Å². The minimum absolute atomic E-state index is 0.0239. The molecule has 25 heavy (non-hydrogen) atoms. The Hall–Kier alpha value is -3.08. The first-order chi connectivity index (χ1) is 12.1. The molecule has 0 spiro atoms. The zero-order valence-corrected chi connectivity index (χ0v) is 13.0. The summed E-state index contributed by atoms with van der Waals surface area (Å²) in [5.74, 6) is -2.63. The molecule has 0 amide bonds. The number of hydrogen-bond acceptors (Lipinski definition) is 2. The largest absolute Gasteiger partial charge is 0.489 e. The van der Waals surface area contributed by atoms with Crippen molar-refractivity contribution in [3.63, 3.8) is 0 Å². The van der Waals surface area contributed by atoms with Crippen molar-refractivity contribution >= 4 is 6.29 Å². The molecule has 0 bridgehead atoms. The maximum Gasteiger partial charge on any atom is 0.161 e. The molecule has 126 valence electrons. The number of benzene rings is 3. The molecule has 3 aromatic rings. The van der Waals surface area contributed by atoms with Crippen LogP contribution in [0.3, 0.4) is 0 Å². The summed E-state index contributed by atoms with van der Waals surface area (Å²) in [7, 11) is 0. The zero-order valence-electron chi connectivity index (χ0n) is 13.0. The van der Waals surface area contributed by atoms with Gasteiger partial charge in [-0.2, -0.15) is 0 Å². The predicted octanol–water partition coefficient (Wildman–Crippen LogP) is 5.16. The molecule has 0 radical (unpaired) electrons. The molecule has 0 N–H and O–H groups in total. The lowest BCUT2D eigenvalue weighted by Crippen LogP contribution is -1.96. The van der Waals surface area contributed by atoms with Crippen molar-refractivity contribution in [2.45, 2.75) is 6.61 Å². The van der Waals surface area contributed by atoms with E-state index in [4.69, 9.17) is 4.74 Å². The van der Waals surface area contributed by atoms with Gasteiger partial charge < -0.3 is 4.74 Å². The first kappa shape index (κ1) is 16.8. The highest BCUT2D eigenvalue weighted by molar-refractivity contribution is 5.74. The van der Waals surface area contributed by atoms with Gasteiger partial charge in [-0.1, -0.05) is 30.3 Å². The number of carbonyl (C=O) groups is 1. The number of rotatable bonds is 5. The van der Waals surface area contributed by atoms with Gasteiger partial charge in [-0.15, -0.1) is 0 Å². The fraction of sp³-hybridized carbons (Fsp3) is 0.0500. The van der Waals surface area contributed by atoms with Gasteiger partial charge in [0.05, 0.1) is 0 Å². The summed E-state index contributed by atoms with van der Waals surface area (Å²) in [6.45, 7) is 0.264. The molecule has 0 aliphatic rings. The van der Waals surface area contributed by atoms with E-state index < -0.39 is 17.5 Å². The van der Waals surface area contributed by atoms with Crippen molar-refractivity contribution in [1.29, 1.82) is 0 Å². The summed E-state index contributed by atoms with van der Waals surface area (Å²) >= 11 is 0. The highest BCUT2D eigenvalue weighted by Gasteiger charge is 2.11. The molecule has 0 fully saturated rings. The van der Waals surface area contributed by atoms with Crippen LogP contribution < -0.4 is 4.74 Å². The van der Waals surface area contributed by atoms with E-state index in [0.29, 0.717) is 22.9 Å². The van der Waals surface area contributed by atoms with E-state index >= 15 is 0 Å². The minimum atomic E-state index is -1.22. The highest BCUT2D eigenvalue weighted by atomic mass is 19.2. The molecule has 3 rings (SSSR count). The normalized spacial score (nSPS) is 10.5. The van der Waals surface area contributed by atoms with E-state index in [2.05, 4.69) is 0 Å². The molecule has 2 nitrogen and oxygen atoms in total. The highest BCUT2D eigenvalue weighted by Crippen LogP contribution is 2.27. The van der Waals surface area contributed by atoms with Gasteiger partial charge in [0.25, 0.3) is 0 Å². The number of ether oxygens (including phenoxy) is 1. The van der Waals surface area contributed by atoms with Crippen molar-refractivity contribution in [2.75, 3.05) is 0 Å². The number of aldehydes is 1. The summed E-state index contributed by atoms with van der Waals surface area (Å²) in [6, 6.07) is 14.7. The first-order valence-electron chi connectivity index (χ1n) is 7.49. The summed E-state index contributed by atoms with van der Waals surface area (Å²) < 4.78 is 45.7. The third-order valence-electron chi connectivity index (χ3n) is 3.67. The van der Waals surface area contributed by atoms with Gasteiger partial charge in [0.2, 0.25) is 0 Å². The van der Waals surface area contributed by atoms with E-state index in [9.17, 15) is 18.0 Å². The average molecular weight is 342 g/mol. The molecule has 0 aliphatic carbocycles. The zero-order chi connectivity index (χ0) is 17.8. The predicted molar refractivity (Wildman–Crippen MR) is 87.9 cm³/mol. The van der Waals surface area contributed by atoms with Crippen LogP contribution in [0.25, 0.3) is 11.1 Å². The summed E-state index contributed by atoms with van der Waals surface area (Å²) in [6.07, 6.45) is 0.759. The number of carbonyl (C=O) groups excluding carboxylic acids is 1. The van der Waals surface area contributed by atoms with E-state index in [-0.39, 0.29) is 12.2 Å². The lowest BCUT2D eigenvalue weighted by atomic mass is 10.0. The second-order valence-electron chi connectivity index (χ2n) is 5.42.